The molecule has 0 N–H and O–H groups in total. The molecular weight excluding hydrogens is 209 g/mol. The Morgan fingerprint density at radius 3 is 2.60 bits per heavy atom. The van der Waals surface area contributed by atoms with Crippen molar-refractivity contribution < 1.29 is 22.7 Å². The van der Waals surface area contributed by atoms with Gasteiger partial charge in [-0.05, 0) is 24.1 Å². The van der Waals surface area contributed by atoms with Gasteiger partial charge in [-0.1, -0.05) is 6.07 Å². The molecule has 2 nitrogen and oxygen atoms in total. The van der Waals surface area contributed by atoms with Crippen LogP contribution in [0.4, 0.5) is 13.2 Å². The largest absolute Gasteiger partial charge is 0.573 e. The van der Waals surface area contributed by atoms with E-state index >= 15 is 0 Å². The maximum absolute atomic E-state index is 11.9. The van der Waals surface area contributed by atoms with E-state index in [1.165, 1.54) is 12.1 Å². The average molecular weight is 216 g/mol. The van der Waals surface area contributed by atoms with E-state index in [1.54, 1.807) is 0 Å². The van der Waals surface area contributed by atoms with Gasteiger partial charge in [0.05, 0.1) is 0 Å². The number of ketones is 1. The van der Waals surface area contributed by atoms with Crippen molar-refractivity contribution in [1.29, 1.82) is 0 Å². The second-order valence-electron chi connectivity index (χ2n) is 3.29. The number of benzene rings is 1. The molecule has 0 unspecified atom stereocenters. The van der Waals surface area contributed by atoms with Gasteiger partial charge in [0, 0.05) is 12.0 Å². The van der Waals surface area contributed by atoms with Gasteiger partial charge in [0.1, 0.15) is 5.75 Å². The van der Waals surface area contributed by atoms with Crippen LogP contribution in [-0.2, 0) is 6.42 Å². The van der Waals surface area contributed by atoms with E-state index in [2.05, 4.69) is 4.74 Å². The molecule has 0 fully saturated rings. The van der Waals surface area contributed by atoms with Gasteiger partial charge in [-0.25, -0.2) is 0 Å². The molecule has 15 heavy (non-hydrogen) atoms. The monoisotopic (exact) mass is 216 g/mol. The van der Waals surface area contributed by atoms with E-state index < -0.39 is 6.36 Å². The Kier molecular flexibility index (Phi) is 2.17. The molecule has 0 amide bonds. The summed E-state index contributed by atoms with van der Waals surface area (Å²) in [5.74, 6) is -0.464. The molecule has 80 valence electrons. The molecule has 0 atom stereocenters. The third-order valence-electron chi connectivity index (χ3n) is 2.24. The van der Waals surface area contributed by atoms with Crippen LogP contribution < -0.4 is 4.74 Å². The lowest BCUT2D eigenvalue weighted by Crippen LogP contribution is -2.17. The fourth-order valence-corrected chi connectivity index (χ4v) is 1.61. The number of carbonyl (C=O) groups excluding carboxylic acids is 1. The Morgan fingerprint density at radius 1 is 1.20 bits per heavy atom. The number of aryl methyl sites for hydroxylation is 1. The first-order valence-electron chi connectivity index (χ1n) is 4.37. The van der Waals surface area contributed by atoms with Crippen molar-refractivity contribution in [2.45, 2.75) is 19.2 Å². The Bertz CT molecular complexity index is 410. The van der Waals surface area contributed by atoms with Gasteiger partial charge in [-0.15, -0.1) is 13.2 Å². The number of rotatable bonds is 1. The van der Waals surface area contributed by atoms with Crippen molar-refractivity contribution in [2.75, 3.05) is 0 Å². The molecule has 1 aliphatic carbocycles. The summed E-state index contributed by atoms with van der Waals surface area (Å²) in [5.41, 5.74) is 1.13. The molecule has 0 radical (unpaired) electrons. The SMILES string of the molecule is O=C1CCc2ccc(OC(F)(F)F)cc21. The zero-order valence-electron chi connectivity index (χ0n) is 7.60. The van der Waals surface area contributed by atoms with Crippen LogP contribution in [0.15, 0.2) is 18.2 Å². The summed E-state index contributed by atoms with van der Waals surface area (Å²) in [6, 6.07) is 3.88. The first-order chi connectivity index (χ1) is 6.96. The van der Waals surface area contributed by atoms with Crippen molar-refractivity contribution >= 4 is 5.78 Å². The van der Waals surface area contributed by atoms with E-state index in [-0.39, 0.29) is 11.5 Å². The summed E-state index contributed by atoms with van der Waals surface area (Å²) in [6.45, 7) is 0. The maximum Gasteiger partial charge on any atom is 0.573 e. The Balaban J connectivity index is 2.30. The number of ether oxygens (including phenoxy) is 1. The highest BCUT2D eigenvalue weighted by molar-refractivity contribution is 6.00. The Labute approximate surface area is 83.7 Å². The lowest BCUT2D eigenvalue weighted by molar-refractivity contribution is -0.274. The Morgan fingerprint density at radius 2 is 1.93 bits per heavy atom. The van der Waals surface area contributed by atoms with Crippen molar-refractivity contribution in [3.63, 3.8) is 0 Å². The number of hydrogen-bond donors (Lipinski definition) is 0. The van der Waals surface area contributed by atoms with Gasteiger partial charge in [0.15, 0.2) is 5.78 Å². The van der Waals surface area contributed by atoms with Gasteiger partial charge in [-0.2, -0.15) is 0 Å². The van der Waals surface area contributed by atoms with E-state index in [1.807, 2.05) is 0 Å². The Hall–Kier alpha value is -1.52. The van der Waals surface area contributed by atoms with Gasteiger partial charge < -0.3 is 4.74 Å². The fraction of sp³-hybridized carbons (Fsp3) is 0.300. The first kappa shape index (κ1) is 10.0. The number of halogens is 3. The zero-order valence-corrected chi connectivity index (χ0v) is 7.60. The third-order valence-corrected chi connectivity index (χ3v) is 2.24. The number of Topliss-reactive ketones (excluding diaryl/α,β-unsaturated/α-hetero) is 1. The molecule has 0 bridgehead atoms. The third kappa shape index (κ3) is 2.11. The normalized spacial score (nSPS) is 15.3. The molecule has 5 heteroatoms. The average Bonchev–Trinajstić information content (AvgIpc) is 2.45. The smallest absolute Gasteiger partial charge is 0.406 e. The molecule has 0 aliphatic heterocycles. The minimum Gasteiger partial charge on any atom is -0.406 e. The van der Waals surface area contributed by atoms with Crippen molar-refractivity contribution in [2.24, 2.45) is 0 Å². The number of hydrogen-bond acceptors (Lipinski definition) is 2. The van der Waals surface area contributed by atoms with Crippen LogP contribution in [-0.4, -0.2) is 12.1 Å². The highest BCUT2D eigenvalue weighted by Crippen LogP contribution is 2.29. The molecule has 0 saturated carbocycles. The second kappa shape index (κ2) is 3.25. The summed E-state index contributed by atoms with van der Waals surface area (Å²) in [6.07, 6.45) is -3.75. The van der Waals surface area contributed by atoms with Crippen molar-refractivity contribution in [1.82, 2.24) is 0 Å². The molecular formula is C10H7F3O2. The molecule has 0 aromatic heterocycles. The molecule has 0 heterocycles. The minimum atomic E-state index is -4.71. The van der Waals surface area contributed by atoms with Crippen LogP contribution in [0, 0.1) is 0 Å². The maximum atomic E-state index is 11.9. The van der Waals surface area contributed by atoms with Crippen LogP contribution in [0.25, 0.3) is 0 Å². The van der Waals surface area contributed by atoms with E-state index in [9.17, 15) is 18.0 Å². The summed E-state index contributed by atoms with van der Waals surface area (Å²) in [4.78, 5) is 11.2. The predicted molar refractivity (Wildman–Crippen MR) is 45.8 cm³/mol. The number of fused-ring (bicyclic) bond motifs is 1. The highest BCUT2D eigenvalue weighted by Gasteiger charge is 2.32. The fourth-order valence-electron chi connectivity index (χ4n) is 1.61. The van der Waals surface area contributed by atoms with E-state index in [4.69, 9.17) is 0 Å². The van der Waals surface area contributed by atoms with Crippen LogP contribution in [0.3, 0.4) is 0 Å². The quantitative estimate of drug-likeness (QED) is 0.721. The van der Waals surface area contributed by atoms with Crippen LogP contribution in [0.5, 0.6) is 5.75 Å². The number of carbonyl (C=O) groups is 1. The van der Waals surface area contributed by atoms with Gasteiger partial charge >= 0.3 is 6.36 Å². The predicted octanol–water partition coefficient (Wildman–Crippen LogP) is 2.71. The van der Waals surface area contributed by atoms with E-state index in [0.29, 0.717) is 18.4 Å². The molecule has 0 saturated heterocycles. The second-order valence-corrected chi connectivity index (χ2v) is 3.29. The van der Waals surface area contributed by atoms with Crippen molar-refractivity contribution in [3.8, 4) is 5.75 Å². The highest BCUT2D eigenvalue weighted by atomic mass is 19.4. The zero-order chi connectivity index (χ0) is 11.1. The summed E-state index contributed by atoms with van der Waals surface area (Å²) >= 11 is 0. The summed E-state index contributed by atoms with van der Waals surface area (Å²) in [7, 11) is 0. The van der Waals surface area contributed by atoms with Gasteiger partial charge in [0.25, 0.3) is 0 Å². The summed E-state index contributed by atoms with van der Waals surface area (Å²) in [5, 5.41) is 0. The number of alkyl halides is 3. The van der Waals surface area contributed by atoms with Gasteiger partial charge in [0.2, 0.25) is 0 Å². The molecule has 2 rings (SSSR count). The molecule has 1 aromatic carbocycles. The molecule has 1 aromatic rings. The first-order valence-corrected chi connectivity index (χ1v) is 4.37. The summed E-state index contributed by atoms with van der Waals surface area (Å²) < 4.78 is 39.4. The van der Waals surface area contributed by atoms with Crippen LogP contribution >= 0.6 is 0 Å². The van der Waals surface area contributed by atoms with Crippen molar-refractivity contribution in [3.05, 3.63) is 29.3 Å². The topological polar surface area (TPSA) is 26.3 Å². The lowest BCUT2D eigenvalue weighted by atomic mass is 10.1. The molecule has 0 spiro atoms. The van der Waals surface area contributed by atoms with Crippen LogP contribution in [0.2, 0.25) is 0 Å². The van der Waals surface area contributed by atoms with Gasteiger partial charge in [-0.3, -0.25) is 4.79 Å². The minimum absolute atomic E-state index is 0.127. The standard InChI is InChI=1S/C10H7F3O2/c11-10(12,13)15-7-3-1-6-2-4-9(14)8(6)5-7/h1,3,5H,2,4H2. The molecule has 1 aliphatic rings. The lowest BCUT2D eigenvalue weighted by Gasteiger charge is -2.09. The van der Waals surface area contributed by atoms with E-state index in [0.717, 1.165) is 11.6 Å². The van der Waals surface area contributed by atoms with Crippen LogP contribution in [0.1, 0.15) is 22.3 Å².